The fourth-order valence-electron chi connectivity index (χ4n) is 1.97. The molecule has 1 N–H and O–H groups in total. The summed E-state index contributed by atoms with van der Waals surface area (Å²) < 4.78 is 15.8. The van der Waals surface area contributed by atoms with Gasteiger partial charge in [0.2, 0.25) is 0 Å². The third-order valence-electron chi connectivity index (χ3n) is 3.14. The van der Waals surface area contributed by atoms with Crippen LogP contribution in [0.4, 0.5) is 11.4 Å². The summed E-state index contributed by atoms with van der Waals surface area (Å²) in [5, 5.41) is 13.9. The molecule has 0 heterocycles. The molecule has 0 bridgehead atoms. The molecule has 0 aliphatic carbocycles. The van der Waals surface area contributed by atoms with Crippen molar-refractivity contribution in [1.82, 2.24) is 0 Å². The number of nitro groups is 1. The summed E-state index contributed by atoms with van der Waals surface area (Å²) in [6.07, 6.45) is 0. The maximum Gasteiger partial charge on any atom is 0.271 e. The first-order valence-corrected chi connectivity index (χ1v) is 6.97. The number of non-ortho nitro benzene ring substituents is 1. The van der Waals surface area contributed by atoms with Gasteiger partial charge in [0.05, 0.1) is 24.8 Å². The normalized spacial score (nSPS) is 10.0. The molecule has 0 aliphatic heterocycles. The fraction of sp³-hybridized carbons (Fsp3) is 0.250. The first-order valence-electron chi connectivity index (χ1n) is 6.97. The summed E-state index contributed by atoms with van der Waals surface area (Å²) in [7, 11) is 3.12. The monoisotopic (exact) mass is 318 g/mol. The molecule has 0 aliphatic rings. The van der Waals surface area contributed by atoms with Crippen LogP contribution in [0.15, 0.2) is 42.5 Å². The van der Waals surface area contributed by atoms with Gasteiger partial charge in [0.25, 0.3) is 5.69 Å². The molecule has 0 spiro atoms. The number of nitrogens with one attached hydrogen (secondary N) is 1. The van der Waals surface area contributed by atoms with E-state index in [1.165, 1.54) is 19.2 Å². The molecule has 2 aromatic carbocycles. The number of methoxy groups -OCH3 is 2. The van der Waals surface area contributed by atoms with Crippen LogP contribution in [0.5, 0.6) is 17.2 Å². The van der Waals surface area contributed by atoms with Gasteiger partial charge in [-0.15, -0.1) is 0 Å². The van der Waals surface area contributed by atoms with Gasteiger partial charge in [-0.2, -0.15) is 0 Å². The highest BCUT2D eigenvalue weighted by molar-refractivity contribution is 5.61. The van der Waals surface area contributed by atoms with E-state index in [0.29, 0.717) is 24.6 Å². The van der Waals surface area contributed by atoms with Crippen molar-refractivity contribution >= 4 is 11.4 Å². The van der Waals surface area contributed by atoms with Crippen LogP contribution in [0, 0.1) is 10.1 Å². The minimum absolute atomic E-state index is 0.00405. The molecule has 0 fully saturated rings. The average Bonchev–Trinajstić information content (AvgIpc) is 2.59. The molecule has 0 saturated carbocycles. The lowest BCUT2D eigenvalue weighted by Crippen LogP contribution is -2.12. The van der Waals surface area contributed by atoms with Crippen LogP contribution in [0.25, 0.3) is 0 Å². The Morgan fingerprint density at radius 2 is 1.74 bits per heavy atom. The van der Waals surface area contributed by atoms with Crippen molar-refractivity contribution < 1.29 is 19.1 Å². The first kappa shape index (κ1) is 16.4. The zero-order chi connectivity index (χ0) is 16.7. The fourth-order valence-corrected chi connectivity index (χ4v) is 1.97. The quantitative estimate of drug-likeness (QED) is 0.457. The minimum Gasteiger partial charge on any atom is -0.497 e. The average molecular weight is 318 g/mol. The number of nitrogens with zero attached hydrogens (tertiary/aromatic N) is 1. The summed E-state index contributed by atoms with van der Waals surface area (Å²) in [5.41, 5.74) is 0.560. The SMILES string of the molecule is COc1ccc(OCCNc2cc([N+](=O)[O-])ccc2OC)cc1. The predicted molar refractivity (Wildman–Crippen MR) is 86.6 cm³/mol. The minimum atomic E-state index is -0.446. The topological polar surface area (TPSA) is 82.9 Å². The smallest absolute Gasteiger partial charge is 0.271 e. The van der Waals surface area contributed by atoms with Crippen LogP contribution in [-0.4, -0.2) is 32.3 Å². The Morgan fingerprint density at radius 3 is 2.35 bits per heavy atom. The number of hydrogen-bond donors (Lipinski definition) is 1. The summed E-state index contributed by atoms with van der Waals surface area (Å²) in [6, 6.07) is 11.6. The molecule has 0 atom stereocenters. The highest BCUT2D eigenvalue weighted by atomic mass is 16.6. The summed E-state index contributed by atoms with van der Waals surface area (Å²) in [6.45, 7) is 0.877. The van der Waals surface area contributed by atoms with E-state index in [1.807, 2.05) is 24.3 Å². The van der Waals surface area contributed by atoms with Crippen molar-refractivity contribution in [2.24, 2.45) is 0 Å². The van der Waals surface area contributed by atoms with Crippen molar-refractivity contribution in [2.45, 2.75) is 0 Å². The summed E-state index contributed by atoms with van der Waals surface area (Å²) in [4.78, 5) is 10.4. The van der Waals surface area contributed by atoms with Gasteiger partial charge in [0, 0.05) is 18.7 Å². The van der Waals surface area contributed by atoms with Gasteiger partial charge in [0.15, 0.2) is 0 Å². The van der Waals surface area contributed by atoms with Gasteiger partial charge in [-0.25, -0.2) is 0 Å². The lowest BCUT2D eigenvalue weighted by molar-refractivity contribution is -0.384. The van der Waals surface area contributed by atoms with E-state index in [2.05, 4.69) is 5.32 Å². The lowest BCUT2D eigenvalue weighted by atomic mass is 10.2. The summed E-state index contributed by atoms with van der Waals surface area (Å²) >= 11 is 0. The molecule has 0 radical (unpaired) electrons. The van der Waals surface area contributed by atoms with Gasteiger partial charge >= 0.3 is 0 Å². The Kier molecular flexibility index (Phi) is 5.62. The molecule has 2 aromatic rings. The maximum absolute atomic E-state index is 10.8. The lowest BCUT2D eigenvalue weighted by Gasteiger charge is -2.12. The molecule has 0 saturated heterocycles. The largest absolute Gasteiger partial charge is 0.497 e. The van der Waals surface area contributed by atoms with Gasteiger partial charge in [-0.3, -0.25) is 10.1 Å². The predicted octanol–water partition coefficient (Wildman–Crippen LogP) is 3.10. The first-order chi connectivity index (χ1) is 11.1. The summed E-state index contributed by atoms with van der Waals surface area (Å²) in [5.74, 6) is 2.02. The number of rotatable bonds is 8. The Labute approximate surface area is 133 Å². The second kappa shape index (κ2) is 7.88. The van der Waals surface area contributed by atoms with Crippen molar-refractivity contribution in [3.05, 3.63) is 52.6 Å². The molecular weight excluding hydrogens is 300 g/mol. The number of anilines is 1. The van der Waals surface area contributed by atoms with Gasteiger partial charge in [-0.05, 0) is 30.3 Å². The molecule has 122 valence electrons. The number of nitro benzene ring substituents is 1. The Bertz CT molecular complexity index is 658. The van der Waals surface area contributed by atoms with E-state index in [1.54, 1.807) is 13.2 Å². The van der Waals surface area contributed by atoms with Crippen LogP contribution in [-0.2, 0) is 0 Å². The second-order valence-corrected chi connectivity index (χ2v) is 4.59. The van der Waals surface area contributed by atoms with Crippen LogP contribution in [0.3, 0.4) is 0 Å². The van der Waals surface area contributed by atoms with E-state index >= 15 is 0 Å². The molecule has 0 unspecified atom stereocenters. The van der Waals surface area contributed by atoms with Crippen LogP contribution in [0.2, 0.25) is 0 Å². The molecule has 23 heavy (non-hydrogen) atoms. The third-order valence-corrected chi connectivity index (χ3v) is 3.14. The van der Waals surface area contributed by atoms with Crippen molar-refractivity contribution in [3.8, 4) is 17.2 Å². The van der Waals surface area contributed by atoms with Gasteiger partial charge < -0.3 is 19.5 Å². The van der Waals surface area contributed by atoms with Crippen molar-refractivity contribution in [2.75, 3.05) is 32.7 Å². The molecular formula is C16H18N2O5. The van der Waals surface area contributed by atoms with Gasteiger partial charge in [0.1, 0.15) is 23.9 Å². The Hall–Kier alpha value is -2.96. The van der Waals surface area contributed by atoms with E-state index in [0.717, 1.165) is 11.5 Å². The number of ether oxygens (including phenoxy) is 3. The molecule has 0 aromatic heterocycles. The molecule has 7 nitrogen and oxygen atoms in total. The van der Waals surface area contributed by atoms with Crippen LogP contribution in [0.1, 0.15) is 0 Å². The third kappa shape index (κ3) is 4.50. The molecule has 2 rings (SSSR count). The van der Waals surface area contributed by atoms with E-state index in [9.17, 15) is 10.1 Å². The second-order valence-electron chi connectivity index (χ2n) is 4.59. The Morgan fingerprint density at radius 1 is 1.04 bits per heavy atom. The van der Waals surface area contributed by atoms with E-state index in [-0.39, 0.29) is 5.69 Å². The highest BCUT2D eigenvalue weighted by Crippen LogP contribution is 2.28. The Balaban J connectivity index is 1.89. The zero-order valence-electron chi connectivity index (χ0n) is 12.9. The zero-order valence-corrected chi connectivity index (χ0v) is 12.9. The number of hydrogen-bond acceptors (Lipinski definition) is 6. The van der Waals surface area contributed by atoms with E-state index in [4.69, 9.17) is 14.2 Å². The van der Waals surface area contributed by atoms with Gasteiger partial charge in [-0.1, -0.05) is 0 Å². The highest BCUT2D eigenvalue weighted by Gasteiger charge is 2.10. The maximum atomic E-state index is 10.8. The van der Waals surface area contributed by atoms with Crippen LogP contribution >= 0.6 is 0 Å². The standard InChI is InChI=1S/C16H18N2O5/c1-21-13-4-6-14(7-5-13)23-10-9-17-15-11-12(18(19)20)3-8-16(15)22-2/h3-8,11,17H,9-10H2,1-2H3. The number of benzene rings is 2. The van der Waals surface area contributed by atoms with Crippen molar-refractivity contribution in [3.63, 3.8) is 0 Å². The van der Waals surface area contributed by atoms with Crippen LogP contribution < -0.4 is 19.5 Å². The van der Waals surface area contributed by atoms with E-state index < -0.39 is 4.92 Å². The van der Waals surface area contributed by atoms with Crippen molar-refractivity contribution in [1.29, 1.82) is 0 Å². The molecule has 7 heteroatoms. The molecule has 0 amide bonds.